The first kappa shape index (κ1) is 20.5. The average molecular weight is 391 g/mol. The van der Waals surface area contributed by atoms with E-state index < -0.39 is 17.9 Å². The van der Waals surface area contributed by atoms with Crippen LogP contribution in [0.1, 0.15) is 30.9 Å². The molecule has 2 rings (SSSR count). The number of halogens is 1. The number of hydrogen-bond donors (Lipinski definition) is 2. The molecule has 0 saturated heterocycles. The van der Waals surface area contributed by atoms with E-state index in [0.29, 0.717) is 24.5 Å². The lowest BCUT2D eigenvalue weighted by atomic mass is 9.78. The Morgan fingerprint density at radius 3 is 2.22 bits per heavy atom. The highest BCUT2D eigenvalue weighted by Crippen LogP contribution is 2.43. The summed E-state index contributed by atoms with van der Waals surface area (Å²) in [5.41, 5.74) is 0.907. The van der Waals surface area contributed by atoms with E-state index in [2.05, 4.69) is 0 Å². The van der Waals surface area contributed by atoms with Crippen LogP contribution in [0.3, 0.4) is 0 Å². The van der Waals surface area contributed by atoms with E-state index in [-0.39, 0.29) is 27.3 Å². The normalized spacial score (nSPS) is 15.1. The number of rotatable bonds is 6. The fourth-order valence-electron chi connectivity index (χ4n) is 3.39. The molecule has 2 N–H and O–H groups in total. The van der Waals surface area contributed by atoms with Crippen molar-refractivity contribution in [3.05, 3.63) is 56.9 Å². The van der Waals surface area contributed by atoms with E-state index in [1.165, 1.54) is 19.2 Å². The maximum absolute atomic E-state index is 12.1. The van der Waals surface area contributed by atoms with Crippen molar-refractivity contribution < 1.29 is 24.5 Å². The molecule has 0 saturated carbocycles. The Kier molecular flexibility index (Phi) is 6.26. The number of allylic oxidation sites excluding steroid dienone is 2. The van der Waals surface area contributed by atoms with Crippen molar-refractivity contribution in [2.24, 2.45) is 0 Å². The molecule has 0 atom stereocenters. The van der Waals surface area contributed by atoms with Gasteiger partial charge in [-0.15, -0.1) is 0 Å². The molecule has 0 aromatic heterocycles. The van der Waals surface area contributed by atoms with Crippen LogP contribution in [0.4, 0.5) is 0 Å². The number of carboxylic acid groups (broad SMARTS) is 2. The number of nitrogens with zero attached hydrogens (tertiary/aromatic N) is 2. The van der Waals surface area contributed by atoms with Gasteiger partial charge in [0.05, 0.1) is 34.3 Å². The van der Waals surface area contributed by atoms with Crippen LogP contribution in [0, 0.1) is 11.3 Å². The zero-order chi connectivity index (χ0) is 20.3. The minimum atomic E-state index is -1.25. The van der Waals surface area contributed by atoms with Crippen LogP contribution < -0.4 is 0 Å². The predicted octanol–water partition coefficient (Wildman–Crippen LogP) is 2.97. The summed E-state index contributed by atoms with van der Waals surface area (Å²) in [7, 11) is 1.51. The zero-order valence-corrected chi connectivity index (χ0v) is 15.9. The molecular formula is C19H19ClN2O5. The van der Waals surface area contributed by atoms with E-state index in [1.54, 1.807) is 24.8 Å². The average Bonchev–Trinajstić information content (AvgIpc) is 2.60. The third-order valence-electron chi connectivity index (χ3n) is 4.62. The smallest absolute Gasteiger partial charge is 0.334 e. The second-order valence-electron chi connectivity index (χ2n) is 6.00. The molecular weight excluding hydrogens is 372 g/mol. The Bertz CT molecular complexity index is 860. The van der Waals surface area contributed by atoms with E-state index in [0.717, 1.165) is 0 Å². The highest BCUT2D eigenvalue weighted by molar-refractivity contribution is 6.31. The van der Waals surface area contributed by atoms with Crippen molar-refractivity contribution in [2.45, 2.75) is 19.8 Å². The van der Waals surface area contributed by atoms with Crippen LogP contribution in [-0.4, -0.2) is 47.3 Å². The summed E-state index contributed by atoms with van der Waals surface area (Å²) < 4.78 is 5.05. The van der Waals surface area contributed by atoms with E-state index in [1.807, 2.05) is 6.07 Å². The van der Waals surface area contributed by atoms with Crippen molar-refractivity contribution in [1.82, 2.24) is 4.90 Å². The Labute approximate surface area is 161 Å². The SMILES string of the molecule is COCCN1C(C)=C(C(=O)O)C(c2cccc(Cl)c2C#N)C(C(=O)O)=C1C. The zero-order valence-electron chi connectivity index (χ0n) is 15.1. The summed E-state index contributed by atoms with van der Waals surface area (Å²) in [5, 5.41) is 29.3. The van der Waals surface area contributed by atoms with Crippen LogP contribution in [0.25, 0.3) is 0 Å². The first-order chi connectivity index (χ1) is 12.8. The van der Waals surface area contributed by atoms with E-state index >= 15 is 0 Å². The van der Waals surface area contributed by atoms with Gasteiger partial charge in [0.15, 0.2) is 0 Å². The maximum atomic E-state index is 12.1. The third kappa shape index (κ3) is 3.68. The number of aliphatic carboxylic acids is 2. The Balaban J connectivity index is 2.83. The van der Waals surface area contributed by atoms with Gasteiger partial charge in [-0.05, 0) is 25.5 Å². The summed E-state index contributed by atoms with van der Waals surface area (Å²) >= 11 is 6.10. The molecule has 1 aliphatic rings. The summed E-state index contributed by atoms with van der Waals surface area (Å²) in [6, 6.07) is 6.57. The molecule has 0 radical (unpaired) electrons. The number of ether oxygens (including phenoxy) is 1. The molecule has 0 unspecified atom stereocenters. The molecule has 1 aromatic rings. The molecule has 142 valence electrons. The minimum absolute atomic E-state index is 0.0626. The van der Waals surface area contributed by atoms with Gasteiger partial charge in [-0.1, -0.05) is 23.7 Å². The fraction of sp³-hybridized carbons (Fsp3) is 0.316. The highest BCUT2D eigenvalue weighted by Gasteiger charge is 2.40. The van der Waals surface area contributed by atoms with Gasteiger partial charge in [0.2, 0.25) is 0 Å². The first-order valence-corrected chi connectivity index (χ1v) is 8.47. The molecule has 27 heavy (non-hydrogen) atoms. The van der Waals surface area contributed by atoms with Gasteiger partial charge in [0.1, 0.15) is 6.07 Å². The molecule has 0 fully saturated rings. The molecule has 0 amide bonds. The Morgan fingerprint density at radius 2 is 1.78 bits per heavy atom. The van der Waals surface area contributed by atoms with Crippen molar-refractivity contribution in [1.29, 1.82) is 5.26 Å². The lowest BCUT2D eigenvalue weighted by molar-refractivity contribution is -0.133. The third-order valence-corrected chi connectivity index (χ3v) is 4.93. The van der Waals surface area contributed by atoms with Crippen molar-refractivity contribution in [3.63, 3.8) is 0 Å². The monoisotopic (exact) mass is 390 g/mol. The first-order valence-electron chi connectivity index (χ1n) is 8.09. The molecule has 1 aliphatic heterocycles. The second-order valence-corrected chi connectivity index (χ2v) is 6.41. The van der Waals surface area contributed by atoms with Gasteiger partial charge >= 0.3 is 11.9 Å². The van der Waals surface area contributed by atoms with Gasteiger partial charge in [0, 0.05) is 25.0 Å². The summed E-state index contributed by atoms with van der Waals surface area (Å²) in [6.45, 7) is 3.82. The van der Waals surface area contributed by atoms with Gasteiger partial charge < -0.3 is 19.8 Å². The topological polar surface area (TPSA) is 111 Å². The summed E-state index contributed by atoms with van der Waals surface area (Å²) in [6.07, 6.45) is 0. The van der Waals surface area contributed by atoms with E-state index in [9.17, 15) is 25.1 Å². The van der Waals surface area contributed by atoms with E-state index in [4.69, 9.17) is 16.3 Å². The standard InChI is InChI=1S/C19H19ClN2O5/c1-10-15(18(23)24)17(12-5-4-6-14(20)13(12)9-21)16(19(25)26)11(2)22(10)7-8-27-3/h4-6,17H,7-8H2,1-3H3,(H,23,24)(H,25,26). The van der Waals surface area contributed by atoms with Crippen molar-refractivity contribution in [3.8, 4) is 6.07 Å². The van der Waals surface area contributed by atoms with Crippen molar-refractivity contribution in [2.75, 3.05) is 20.3 Å². The van der Waals surface area contributed by atoms with Crippen LogP contribution >= 0.6 is 11.6 Å². The van der Waals surface area contributed by atoms with Gasteiger partial charge in [-0.25, -0.2) is 9.59 Å². The predicted molar refractivity (Wildman–Crippen MR) is 98.2 cm³/mol. The van der Waals surface area contributed by atoms with Crippen LogP contribution in [0.5, 0.6) is 0 Å². The molecule has 1 aromatic carbocycles. The molecule has 7 nitrogen and oxygen atoms in total. The fourth-order valence-corrected chi connectivity index (χ4v) is 3.61. The Hall–Kier alpha value is -2.82. The number of carbonyl (C=O) groups is 2. The lowest BCUT2D eigenvalue weighted by Gasteiger charge is -2.37. The van der Waals surface area contributed by atoms with Gasteiger partial charge in [0.25, 0.3) is 0 Å². The largest absolute Gasteiger partial charge is 0.478 e. The highest BCUT2D eigenvalue weighted by atomic mass is 35.5. The number of nitriles is 1. The molecule has 8 heteroatoms. The van der Waals surface area contributed by atoms with Gasteiger partial charge in [-0.2, -0.15) is 5.26 Å². The van der Waals surface area contributed by atoms with Gasteiger partial charge in [-0.3, -0.25) is 0 Å². The number of methoxy groups -OCH3 is 1. The number of benzene rings is 1. The number of carboxylic acids is 2. The lowest BCUT2D eigenvalue weighted by Crippen LogP contribution is -2.36. The summed E-state index contributed by atoms with van der Waals surface area (Å²) in [4.78, 5) is 25.8. The molecule has 0 bridgehead atoms. The van der Waals surface area contributed by atoms with Crippen LogP contribution in [-0.2, 0) is 14.3 Å². The minimum Gasteiger partial charge on any atom is -0.478 e. The number of hydrogen-bond acceptors (Lipinski definition) is 5. The second kappa shape index (κ2) is 8.25. The van der Waals surface area contributed by atoms with Crippen LogP contribution in [0.2, 0.25) is 5.02 Å². The van der Waals surface area contributed by atoms with Crippen molar-refractivity contribution >= 4 is 23.5 Å². The molecule has 0 aliphatic carbocycles. The van der Waals surface area contributed by atoms with Crippen LogP contribution in [0.15, 0.2) is 40.7 Å². The quantitative estimate of drug-likeness (QED) is 0.768. The maximum Gasteiger partial charge on any atom is 0.334 e. The molecule has 0 spiro atoms. The summed E-state index contributed by atoms with van der Waals surface area (Å²) in [5.74, 6) is -3.63. The Morgan fingerprint density at radius 1 is 1.22 bits per heavy atom. The molecule has 1 heterocycles.